The molecule has 0 bridgehead atoms. The van der Waals surface area contributed by atoms with Gasteiger partial charge in [-0.2, -0.15) is 0 Å². The zero-order valence-electron chi connectivity index (χ0n) is 12.2. The molecule has 2 aliphatic heterocycles. The fourth-order valence-corrected chi connectivity index (χ4v) is 2.41. The van der Waals surface area contributed by atoms with Crippen LogP contribution in [-0.4, -0.2) is 25.5 Å². The molecular weight excluding hydrogens is 300 g/mol. The number of para-hydroxylation sites is 2. The highest BCUT2D eigenvalue weighted by molar-refractivity contribution is 5.76. The van der Waals surface area contributed by atoms with Gasteiger partial charge in [-0.1, -0.05) is 18.2 Å². The largest absolute Gasteiger partial charge is 0.485 e. The normalized spacial score (nSPS) is 17.7. The zero-order chi connectivity index (χ0) is 15.6. The van der Waals surface area contributed by atoms with Crippen LogP contribution in [0.25, 0.3) is 0 Å². The molecule has 0 radical (unpaired) electrons. The molecule has 118 valence electrons. The molecule has 0 N–H and O–H groups in total. The molecule has 2 aromatic carbocycles. The molecule has 0 fully saturated rings. The molecule has 0 saturated heterocycles. The first kappa shape index (κ1) is 13.8. The van der Waals surface area contributed by atoms with Gasteiger partial charge in [0, 0.05) is 0 Å². The Labute approximate surface area is 132 Å². The molecule has 2 aromatic rings. The van der Waals surface area contributed by atoms with Crippen LogP contribution in [0.3, 0.4) is 0 Å². The van der Waals surface area contributed by atoms with Crippen molar-refractivity contribution in [3.63, 3.8) is 0 Å². The van der Waals surface area contributed by atoms with E-state index in [4.69, 9.17) is 23.7 Å². The third-order valence-electron chi connectivity index (χ3n) is 3.59. The van der Waals surface area contributed by atoms with Gasteiger partial charge in [-0.05, 0) is 29.8 Å². The van der Waals surface area contributed by atoms with Gasteiger partial charge in [0.25, 0.3) is 0 Å². The maximum atomic E-state index is 12.1. The van der Waals surface area contributed by atoms with Crippen LogP contribution < -0.4 is 18.9 Å². The molecule has 1 atom stereocenters. The van der Waals surface area contributed by atoms with E-state index in [2.05, 4.69) is 0 Å². The van der Waals surface area contributed by atoms with Crippen LogP contribution in [-0.2, 0) is 16.1 Å². The van der Waals surface area contributed by atoms with E-state index in [0.29, 0.717) is 23.0 Å². The third-order valence-corrected chi connectivity index (χ3v) is 3.59. The molecule has 2 heterocycles. The molecule has 0 saturated carbocycles. The molecular formula is C17H14O6. The highest BCUT2D eigenvalue weighted by atomic mass is 16.7. The number of benzene rings is 2. The van der Waals surface area contributed by atoms with Crippen molar-refractivity contribution in [2.24, 2.45) is 0 Å². The minimum Gasteiger partial charge on any atom is -0.485 e. The number of carbonyl (C=O) groups is 1. The van der Waals surface area contributed by atoms with Crippen LogP contribution in [0.2, 0.25) is 0 Å². The van der Waals surface area contributed by atoms with E-state index in [0.717, 1.165) is 5.56 Å². The topological polar surface area (TPSA) is 63.2 Å². The van der Waals surface area contributed by atoms with Crippen molar-refractivity contribution in [3.05, 3.63) is 48.0 Å². The van der Waals surface area contributed by atoms with Gasteiger partial charge < -0.3 is 23.7 Å². The Morgan fingerprint density at radius 3 is 2.70 bits per heavy atom. The van der Waals surface area contributed by atoms with E-state index >= 15 is 0 Å². The molecule has 4 rings (SSSR count). The molecule has 6 heteroatoms. The van der Waals surface area contributed by atoms with Crippen LogP contribution in [0.1, 0.15) is 5.56 Å². The predicted octanol–water partition coefficient (Wildman–Crippen LogP) is 2.30. The van der Waals surface area contributed by atoms with Crippen molar-refractivity contribution in [2.45, 2.75) is 12.7 Å². The number of rotatable bonds is 3. The van der Waals surface area contributed by atoms with Crippen LogP contribution in [0.15, 0.2) is 42.5 Å². The molecule has 2 aliphatic rings. The number of ether oxygens (including phenoxy) is 5. The maximum absolute atomic E-state index is 12.1. The molecule has 0 amide bonds. The fraction of sp³-hybridized carbons (Fsp3) is 0.235. The Morgan fingerprint density at radius 1 is 1.00 bits per heavy atom. The van der Waals surface area contributed by atoms with Gasteiger partial charge in [0.05, 0.1) is 0 Å². The lowest BCUT2D eigenvalue weighted by Gasteiger charge is -2.24. The van der Waals surface area contributed by atoms with E-state index in [9.17, 15) is 4.79 Å². The standard InChI is InChI=1S/C17H14O6/c18-17(16-9-19-12-3-1-2-4-14(12)23-16)20-8-11-5-6-13-15(7-11)22-10-21-13/h1-7,16H,8-10H2/t16-/m0/s1. The van der Waals surface area contributed by atoms with E-state index < -0.39 is 12.1 Å². The van der Waals surface area contributed by atoms with Crippen LogP contribution in [0.5, 0.6) is 23.0 Å². The van der Waals surface area contributed by atoms with Crippen molar-refractivity contribution < 1.29 is 28.5 Å². The lowest BCUT2D eigenvalue weighted by atomic mass is 10.2. The van der Waals surface area contributed by atoms with Gasteiger partial charge in [0.1, 0.15) is 13.2 Å². The molecule has 0 aliphatic carbocycles. The summed E-state index contributed by atoms with van der Waals surface area (Å²) in [4.78, 5) is 12.1. The zero-order valence-corrected chi connectivity index (χ0v) is 12.2. The summed E-state index contributed by atoms with van der Waals surface area (Å²) in [5.74, 6) is 2.07. The van der Waals surface area contributed by atoms with Crippen molar-refractivity contribution in [3.8, 4) is 23.0 Å². The average molecular weight is 314 g/mol. The molecule has 0 aromatic heterocycles. The SMILES string of the molecule is O=C(OCc1ccc2c(c1)OCO2)[C@@H]1COc2ccccc2O1. The first-order valence-corrected chi connectivity index (χ1v) is 7.23. The summed E-state index contributed by atoms with van der Waals surface area (Å²) in [5, 5.41) is 0. The minimum absolute atomic E-state index is 0.136. The molecule has 0 unspecified atom stereocenters. The van der Waals surface area contributed by atoms with Gasteiger partial charge >= 0.3 is 5.97 Å². The highest BCUT2D eigenvalue weighted by Crippen LogP contribution is 2.33. The second-order valence-corrected chi connectivity index (χ2v) is 5.16. The van der Waals surface area contributed by atoms with E-state index in [1.807, 2.05) is 18.2 Å². The quantitative estimate of drug-likeness (QED) is 0.810. The monoisotopic (exact) mass is 314 g/mol. The summed E-state index contributed by atoms with van der Waals surface area (Å²) in [7, 11) is 0. The Balaban J connectivity index is 1.37. The second-order valence-electron chi connectivity index (χ2n) is 5.16. The summed E-state index contributed by atoms with van der Waals surface area (Å²) in [5.41, 5.74) is 0.819. The summed E-state index contributed by atoms with van der Waals surface area (Å²) < 4.78 is 27.0. The van der Waals surface area contributed by atoms with E-state index in [1.165, 1.54) is 0 Å². The number of fused-ring (bicyclic) bond motifs is 2. The summed E-state index contributed by atoms with van der Waals surface area (Å²) >= 11 is 0. The van der Waals surface area contributed by atoms with E-state index in [1.54, 1.807) is 24.3 Å². The van der Waals surface area contributed by atoms with Crippen LogP contribution >= 0.6 is 0 Å². The maximum Gasteiger partial charge on any atom is 0.351 e. The second kappa shape index (κ2) is 5.72. The first-order chi connectivity index (χ1) is 11.3. The lowest BCUT2D eigenvalue weighted by molar-refractivity contribution is -0.155. The summed E-state index contributed by atoms with van der Waals surface area (Å²) in [6, 6.07) is 12.6. The van der Waals surface area contributed by atoms with Crippen molar-refractivity contribution in [1.82, 2.24) is 0 Å². The molecule has 23 heavy (non-hydrogen) atoms. The van der Waals surface area contributed by atoms with Crippen molar-refractivity contribution in [2.75, 3.05) is 13.4 Å². The summed E-state index contributed by atoms with van der Waals surface area (Å²) in [6.45, 7) is 0.485. The smallest absolute Gasteiger partial charge is 0.351 e. The predicted molar refractivity (Wildman–Crippen MR) is 78.7 cm³/mol. The Kier molecular flexibility index (Phi) is 3.42. The number of carbonyl (C=O) groups excluding carboxylic acids is 1. The van der Waals surface area contributed by atoms with Gasteiger partial charge in [-0.15, -0.1) is 0 Å². The van der Waals surface area contributed by atoms with Gasteiger partial charge in [0.2, 0.25) is 12.9 Å². The Morgan fingerprint density at radius 2 is 1.78 bits per heavy atom. The molecule has 6 nitrogen and oxygen atoms in total. The number of esters is 1. The van der Waals surface area contributed by atoms with Gasteiger partial charge in [0.15, 0.2) is 23.0 Å². The van der Waals surface area contributed by atoms with Crippen molar-refractivity contribution >= 4 is 5.97 Å². The van der Waals surface area contributed by atoms with Gasteiger partial charge in [-0.25, -0.2) is 4.79 Å². The summed E-state index contributed by atoms with van der Waals surface area (Å²) in [6.07, 6.45) is -0.765. The molecule has 0 spiro atoms. The minimum atomic E-state index is -0.765. The van der Waals surface area contributed by atoms with Crippen molar-refractivity contribution in [1.29, 1.82) is 0 Å². The fourth-order valence-electron chi connectivity index (χ4n) is 2.41. The van der Waals surface area contributed by atoms with E-state index in [-0.39, 0.29) is 20.0 Å². The lowest BCUT2D eigenvalue weighted by Crippen LogP contribution is -2.37. The Hall–Kier alpha value is -2.89. The average Bonchev–Trinajstić information content (AvgIpc) is 3.07. The first-order valence-electron chi connectivity index (χ1n) is 7.23. The Bertz CT molecular complexity index is 742. The number of hydrogen-bond donors (Lipinski definition) is 0. The highest BCUT2D eigenvalue weighted by Gasteiger charge is 2.28. The van der Waals surface area contributed by atoms with Crippen LogP contribution in [0.4, 0.5) is 0 Å². The number of hydrogen-bond acceptors (Lipinski definition) is 6. The van der Waals surface area contributed by atoms with Gasteiger partial charge in [-0.3, -0.25) is 0 Å². The van der Waals surface area contributed by atoms with Crippen LogP contribution in [0, 0.1) is 0 Å². The third kappa shape index (κ3) is 2.75.